The zero-order valence-corrected chi connectivity index (χ0v) is 19.8. The van der Waals surface area contributed by atoms with E-state index in [1.165, 1.54) is 0 Å². The number of para-hydroxylation sites is 1. The molecule has 0 unspecified atom stereocenters. The van der Waals surface area contributed by atoms with Crippen LogP contribution in [0.25, 0.3) is 0 Å². The second-order valence-corrected chi connectivity index (χ2v) is 8.94. The lowest BCUT2D eigenvalue weighted by molar-refractivity contribution is -0.123. The van der Waals surface area contributed by atoms with E-state index in [1.54, 1.807) is 36.4 Å². The molecule has 0 radical (unpaired) electrons. The molecule has 0 saturated carbocycles. The molecule has 3 aromatic rings. The Kier molecular flexibility index (Phi) is 7.68. The summed E-state index contributed by atoms with van der Waals surface area (Å²) >= 11 is 0. The van der Waals surface area contributed by atoms with Gasteiger partial charge < -0.3 is 10.1 Å². The molecule has 0 spiro atoms. The van der Waals surface area contributed by atoms with Crippen molar-refractivity contribution in [1.82, 2.24) is 10.9 Å². The number of carbonyl (C=O) groups excluding carboxylic acids is 3. The highest BCUT2D eigenvalue weighted by Crippen LogP contribution is 2.30. The van der Waals surface area contributed by atoms with E-state index in [1.807, 2.05) is 43.3 Å². The number of hydrazine groups is 1. The van der Waals surface area contributed by atoms with Gasteiger partial charge in [0.15, 0.2) is 6.61 Å². The molecular formula is C27H29N3O4. The first-order valence-electron chi connectivity index (χ1n) is 10.9. The summed E-state index contributed by atoms with van der Waals surface area (Å²) in [5, 5.41) is 2.79. The normalized spacial score (nSPS) is 10.8. The van der Waals surface area contributed by atoms with Gasteiger partial charge in [0.2, 0.25) is 0 Å². The van der Waals surface area contributed by atoms with Crippen molar-refractivity contribution < 1.29 is 19.1 Å². The van der Waals surface area contributed by atoms with E-state index in [2.05, 4.69) is 36.9 Å². The van der Waals surface area contributed by atoms with Crippen LogP contribution in [-0.4, -0.2) is 24.3 Å². The molecule has 7 nitrogen and oxygen atoms in total. The highest BCUT2D eigenvalue weighted by molar-refractivity contribution is 6.04. The number of anilines is 1. The van der Waals surface area contributed by atoms with Gasteiger partial charge in [0.25, 0.3) is 17.7 Å². The molecule has 3 N–H and O–H groups in total. The van der Waals surface area contributed by atoms with E-state index >= 15 is 0 Å². The standard InChI is InChI=1S/C27H29N3O4/c1-18-8-7-9-20(16-18)25(32)28-21-14-12-19(13-15-21)26(33)30-29-24(31)17-34-23-11-6-5-10-22(23)27(2,3)4/h5-16H,17H2,1-4H3,(H,28,32)(H,29,31)(H,30,33). The first-order chi connectivity index (χ1) is 16.1. The summed E-state index contributed by atoms with van der Waals surface area (Å²) in [6, 6.07) is 21.2. The first kappa shape index (κ1) is 24.5. The van der Waals surface area contributed by atoms with E-state index < -0.39 is 11.8 Å². The fourth-order valence-electron chi connectivity index (χ4n) is 3.28. The van der Waals surface area contributed by atoms with Crippen LogP contribution in [-0.2, 0) is 10.2 Å². The Labute approximate surface area is 199 Å². The largest absolute Gasteiger partial charge is 0.483 e. The zero-order valence-electron chi connectivity index (χ0n) is 19.8. The molecule has 34 heavy (non-hydrogen) atoms. The second kappa shape index (κ2) is 10.7. The lowest BCUT2D eigenvalue weighted by Crippen LogP contribution is -2.43. The second-order valence-electron chi connectivity index (χ2n) is 8.94. The number of hydrogen-bond donors (Lipinski definition) is 3. The Morgan fingerprint density at radius 2 is 1.50 bits per heavy atom. The Hall–Kier alpha value is -4.13. The van der Waals surface area contributed by atoms with Crippen molar-refractivity contribution in [3.63, 3.8) is 0 Å². The van der Waals surface area contributed by atoms with E-state index in [-0.39, 0.29) is 17.9 Å². The quantitative estimate of drug-likeness (QED) is 0.477. The van der Waals surface area contributed by atoms with E-state index in [4.69, 9.17) is 4.74 Å². The van der Waals surface area contributed by atoms with Gasteiger partial charge in [-0.15, -0.1) is 0 Å². The van der Waals surface area contributed by atoms with Crippen LogP contribution in [0.3, 0.4) is 0 Å². The number of hydrogen-bond acceptors (Lipinski definition) is 4. The number of carbonyl (C=O) groups is 3. The monoisotopic (exact) mass is 459 g/mol. The zero-order chi connectivity index (χ0) is 24.7. The van der Waals surface area contributed by atoms with Crippen LogP contribution >= 0.6 is 0 Å². The summed E-state index contributed by atoms with van der Waals surface area (Å²) in [5.74, 6) is -0.583. The van der Waals surface area contributed by atoms with Gasteiger partial charge in [-0.05, 0) is 60.4 Å². The van der Waals surface area contributed by atoms with Gasteiger partial charge in [-0.3, -0.25) is 25.2 Å². The van der Waals surface area contributed by atoms with Gasteiger partial charge in [0, 0.05) is 16.8 Å². The molecule has 0 aromatic heterocycles. The minimum absolute atomic E-state index is 0.132. The van der Waals surface area contributed by atoms with E-state index in [0.717, 1.165) is 11.1 Å². The van der Waals surface area contributed by atoms with Crippen molar-refractivity contribution in [2.24, 2.45) is 0 Å². The van der Waals surface area contributed by atoms with Crippen LogP contribution in [0.4, 0.5) is 5.69 Å². The minimum Gasteiger partial charge on any atom is -0.483 e. The van der Waals surface area contributed by atoms with Crippen molar-refractivity contribution in [3.05, 3.63) is 95.1 Å². The van der Waals surface area contributed by atoms with Crippen molar-refractivity contribution in [2.75, 3.05) is 11.9 Å². The van der Waals surface area contributed by atoms with Gasteiger partial charge in [-0.1, -0.05) is 56.7 Å². The average molecular weight is 460 g/mol. The summed E-state index contributed by atoms with van der Waals surface area (Å²) in [7, 11) is 0. The molecule has 3 aromatic carbocycles. The summed E-state index contributed by atoms with van der Waals surface area (Å²) in [4.78, 5) is 36.8. The number of benzene rings is 3. The lowest BCUT2D eigenvalue weighted by Gasteiger charge is -2.22. The number of nitrogens with one attached hydrogen (secondary N) is 3. The van der Waals surface area contributed by atoms with Gasteiger partial charge in [0.05, 0.1) is 0 Å². The Morgan fingerprint density at radius 3 is 2.18 bits per heavy atom. The molecule has 0 fully saturated rings. The predicted molar refractivity (Wildman–Crippen MR) is 132 cm³/mol. The van der Waals surface area contributed by atoms with Crippen molar-refractivity contribution in [3.8, 4) is 5.75 Å². The van der Waals surface area contributed by atoms with Crippen LogP contribution in [0.2, 0.25) is 0 Å². The molecular weight excluding hydrogens is 430 g/mol. The fraction of sp³-hybridized carbons (Fsp3) is 0.222. The molecule has 176 valence electrons. The van der Waals surface area contributed by atoms with E-state index in [0.29, 0.717) is 22.6 Å². The molecule has 0 saturated heterocycles. The molecule has 0 aliphatic heterocycles. The Bertz CT molecular complexity index is 1180. The molecule has 0 bridgehead atoms. The van der Waals surface area contributed by atoms with Crippen LogP contribution in [0.1, 0.15) is 52.6 Å². The Balaban J connectivity index is 1.49. The molecule has 0 heterocycles. The van der Waals surface area contributed by atoms with Crippen molar-refractivity contribution in [1.29, 1.82) is 0 Å². The number of amides is 3. The summed E-state index contributed by atoms with van der Waals surface area (Å²) in [6.07, 6.45) is 0. The smallest absolute Gasteiger partial charge is 0.276 e. The van der Waals surface area contributed by atoms with Gasteiger partial charge >= 0.3 is 0 Å². The fourth-order valence-corrected chi connectivity index (χ4v) is 3.28. The molecule has 0 aliphatic rings. The maximum absolute atomic E-state index is 12.4. The summed E-state index contributed by atoms with van der Waals surface area (Å²) < 4.78 is 5.66. The number of ether oxygens (including phenoxy) is 1. The maximum Gasteiger partial charge on any atom is 0.276 e. The molecule has 0 atom stereocenters. The summed E-state index contributed by atoms with van der Waals surface area (Å²) in [5.41, 5.74) is 8.00. The molecule has 0 aliphatic carbocycles. The first-order valence-corrected chi connectivity index (χ1v) is 10.9. The highest BCUT2D eigenvalue weighted by atomic mass is 16.5. The third-order valence-corrected chi connectivity index (χ3v) is 5.05. The Morgan fingerprint density at radius 1 is 0.794 bits per heavy atom. The van der Waals surface area contributed by atoms with Crippen LogP contribution in [0.15, 0.2) is 72.8 Å². The maximum atomic E-state index is 12.4. The third-order valence-electron chi connectivity index (χ3n) is 5.05. The number of rotatable bonds is 6. The highest BCUT2D eigenvalue weighted by Gasteiger charge is 2.19. The topological polar surface area (TPSA) is 96.5 Å². The van der Waals surface area contributed by atoms with Gasteiger partial charge in [0.1, 0.15) is 5.75 Å². The minimum atomic E-state index is -0.487. The molecule has 3 amide bonds. The molecule has 7 heteroatoms. The predicted octanol–water partition coefficient (Wildman–Crippen LogP) is 4.38. The van der Waals surface area contributed by atoms with E-state index in [9.17, 15) is 14.4 Å². The average Bonchev–Trinajstić information content (AvgIpc) is 2.81. The van der Waals surface area contributed by atoms with Crippen LogP contribution < -0.4 is 20.9 Å². The van der Waals surface area contributed by atoms with Gasteiger partial charge in [-0.2, -0.15) is 0 Å². The lowest BCUT2D eigenvalue weighted by atomic mass is 9.86. The van der Waals surface area contributed by atoms with Crippen LogP contribution in [0, 0.1) is 6.92 Å². The third kappa shape index (κ3) is 6.68. The molecule has 3 rings (SSSR count). The van der Waals surface area contributed by atoms with Crippen LogP contribution in [0.5, 0.6) is 5.75 Å². The van der Waals surface area contributed by atoms with Crippen molar-refractivity contribution >= 4 is 23.4 Å². The number of aryl methyl sites for hydroxylation is 1. The SMILES string of the molecule is Cc1cccc(C(=O)Nc2ccc(C(=O)NNC(=O)COc3ccccc3C(C)(C)C)cc2)c1. The summed E-state index contributed by atoms with van der Waals surface area (Å²) in [6.45, 7) is 7.87. The van der Waals surface area contributed by atoms with Crippen molar-refractivity contribution in [2.45, 2.75) is 33.1 Å². The van der Waals surface area contributed by atoms with Gasteiger partial charge in [-0.25, -0.2) is 0 Å².